The Labute approximate surface area is 104 Å². The van der Waals surface area contributed by atoms with Crippen LogP contribution in [-0.4, -0.2) is 11.2 Å². The summed E-state index contributed by atoms with van der Waals surface area (Å²) in [5.74, 6) is 0.327. The van der Waals surface area contributed by atoms with Crippen LogP contribution in [0.15, 0.2) is 35.5 Å². The Morgan fingerprint density at radius 1 is 1.59 bits per heavy atom. The van der Waals surface area contributed by atoms with E-state index in [9.17, 15) is 5.11 Å². The summed E-state index contributed by atoms with van der Waals surface area (Å²) in [4.78, 5) is 0. The molecule has 0 heterocycles. The van der Waals surface area contributed by atoms with Gasteiger partial charge in [0.05, 0.1) is 12.2 Å². The van der Waals surface area contributed by atoms with E-state index >= 15 is 0 Å². The molecule has 1 N–H and O–H groups in total. The van der Waals surface area contributed by atoms with Gasteiger partial charge in [-0.3, -0.25) is 0 Å². The predicted octanol–water partition coefficient (Wildman–Crippen LogP) is 3.37. The van der Waals surface area contributed by atoms with Gasteiger partial charge in [0.25, 0.3) is 0 Å². The molecule has 2 nitrogen and oxygen atoms in total. The molecule has 0 aliphatic heterocycles. The van der Waals surface area contributed by atoms with E-state index in [-0.39, 0.29) is 11.5 Å². The van der Waals surface area contributed by atoms with Crippen LogP contribution in [0.2, 0.25) is 0 Å². The number of aliphatic hydroxyl groups is 1. The van der Waals surface area contributed by atoms with Gasteiger partial charge < -0.3 is 5.11 Å². The topological polar surface area (TPSA) is 44.0 Å². The maximum absolute atomic E-state index is 9.74. The molecule has 0 amide bonds. The fraction of sp³-hybridized carbons (Fsp3) is 0.533. The first-order chi connectivity index (χ1) is 7.86. The largest absolute Gasteiger partial charge is 0.389 e. The molecular formula is C15H21NO. The maximum Gasteiger partial charge on any atom is 0.0914 e. The molecule has 0 saturated heterocycles. The number of hydrogen-bond donors (Lipinski definition) is 1. The van der Waals surface area contributed by atoms with Gasteiger partial charge in [0.1, 0.15) is 0 Å². The molecule has 0 saturated carbocycles. The molecule has 2 atom stereocenters. The average Bonchev–Trinajstić information content (AvgIpc) is 2.14. The summed E-state index contributed by atoms with van der Waals surface area (Å²) in [7, 11) is 0. The Morgan fingerprint density at radius 2 is 2.24 bits per heavy atom. The zero-order chi connectivity index (χ0) is 13.1. The van der Waals surface area contributed by atoms with Crippen LogP contribution in [-0.2, 0) is 0 Å². The first-order valence-electron chi connectivity index (χ1n) is 5.98. The van der Waals surface area contributed by atoms with Gasteiger partial charge in [0.15, 0.2) is 0 Å². The fourth-order valence-corrected chi connectivity index (χ4v) is 2.56. The summed E-state index contributed by atoms with van der Waals surface area (Å²) in [6.45, 7) is 8.32. The monoisotopic (exact) mass is 231 g/mol. The van der Waals surface area contributed by atoms with Crippen molar-refractivity contribution in [3.63, 3.8) is 0 Å². The molecule has 0 aromatic heterocycles. The van der Waals surface area contributed by atoms with Gasteiger partial charge in [-0.1, -0.05) is 37.6 Å². The lowest BCUT2D eigenvalue weighted by Crippen LogP contribution is -2.32. The van der Waals surface area contributed by atoms with Gasteiger partial charge in [-0.05, 0) is 31.3 Å². The Balaban J connectivity index is 2.93. The van der Waals surface area contributed by atoms with Gasteiger partial charge in [-0.15, -0.1) is 0 Å². The number of rotatable bonds is 2. The molecule has 0 aromatic carbocycles. The van der Waals surface area contributed by atoms with E-state index < -0.39 is 0 Å². The van der Waals surface area contributed by atoms with Crippen molar-refractivity contribution in [1.82, 2.24) is 0 Å². The van der Waals surface area contributed by atoms with Crippen molar-refractivity contribution in [2.75, 3.05) is 0 Å². The average molecular weight is 231 g/mol. The van der Waals surface area contributed by atoms with E-state index in [2.05, 4.69) is 26.8 Å². The molecule has 0 fully saturated rings. The molecule has 0 bridgehead atoms. The van der Waals surface area contributed by atoms with Gasteiger partial charge in [-0.25, -0.2) is 0 Å². The van der Waals surface area contributed by atoms with Crippen LogP contribution in [0.25, 0.3) is 0 Å². The highest BCUT2D eigenvalue weighted by Crippen LogP contribution is 2.41. The van der Waals surface area contributed by atoms with E-state index in [4.69, 9.17) is 5.26 Å². The van der Waals surface area contributed by atoms with E-state index in [1.54, 1.807) is 6.08 Å². The Hall–Kier alpha value is -1.33. The number of nitriles is 1. The SMILES string of the molecule is CC1=CC(O)CC(C)(C)C1/C=C/C(C)=C/C#N. The third kappa shape index (κ3) is 3.57. The molecular weight excluding hydrogens is 210 g/mol. The minimum absolute atomic E-state index is 0.0572. The van der Waals surface area contributed by atoms with Gasteiger partial charge in [-0.2, -0.15) is 5.26 Å². The molecule has 92 valence electrons. The standard InChI is InChI=1S/C15H21NO/c1-11(7-8-16)5-6-14-12(2)9-13(17)10-15(14,3)4/h5-7,9,13-14,17H,10H2,1-4H3/b6-5+,11-7+. The highest BCUT2D eigenvalue weighted by atomic mass is 16.3. The number of hydrogen-bond acceptors (Lipinski definition) is 2. The molecule has 0 spiro atoms. The Kier molecular flexibility index (Phi) is 4.31. The Bertz CT molecular complexity index is 407. The Morgan fingerprint density at radius 3 is 2.76 bits per heavy atom. The molecule has 2 heteroatoms. The second-order valence-electron chi connectivity index (χ2n) is 5.52. The zero-order valence-electron chi connectivity index (χ0n) is 11.1. The smallest absolute Gasteiger partial charge is 0.0914 e. The van der Waals surface area contributed by atoms with Crippen molar-refractivity contribution in [2.45, 2.75) is 40.2 Å². The summed E-state index contributed by atoms with van der Waals surface area (Å²) in [5.41, 5.74) is 2.22. The minimum Gasteiger partial charge on any atom is -0.389 e. The van der Waals surface area contributed by atoms with Crippen molar-refractivity contribution in [2.24, 2.45) is 11.3 Å². The number of nitrogens with zero attached hydrogens (tertiary/aromatic N) is 1. The first-order valence-corrected chi connectivity index (χ1v) is 5.98. The second-order valence-corrected chi connectivity index (χ2v) is 5.52. The van der Waals surface area contributed by atoms with Crippen molar-refractivity contribution < 1.29 is 5.11 Å². The lowest BCUT2D eigenvalue weighted by atomic mass is 9.67. The van der Waals surface area contributed by atoms with Gasteiger partial charge in [0.2, 0.25) is 0 Å². The lowest BCUT2D eigenvalue weighted by molar-refractivity contribution is 0.117. The van der Waals surface area contributed by atoms with Crippen LogP contribution in [0, 0.1) is 22.7 Å². The quantitative estimate of drug-likeness (QED) is 0.450. The van der Waals surface area contributed by atoms with Gasteiger partial charge in [0, 0.05) is 12.0 Å². The summed E-state index contributed by atoms with van der Waals surface area (Å²) in [6.07, 6.45) is 8.06. The van der Waals surface area contributed by atoms with Crippen molar-refractivity contribution in [3.8, 4) is 6.07 Å². The molecule has 1 rings (SSSR count). The summed E-state index contributed by atoms with van der Waals surface area (Å²) < 4.78 is 0. The normalized spacial score (nSPS) is 28.9. The van der Waals surface area contributed by atoms with Crippen LogP contribution in [0.5, 0.6) is 0 Å². The third-order valence-corrected chi connectivity index (χ3v) is 3.37. The minimum atomic E-state index is -0.328. The number of allylic oxidation sites excluding steroid dienone is 5. The third-order valence-electron chi connectivity index (χ3n) is 3.37. The first kappa shape index (κ1) is 13.7. The van der Waals surface area contributed by atoms with E-state index in [0.29, 0.717) is 5.92 Å². The van der Waals surface area contributed by atoms with Crippen LogP contribution in [0.4, 0.5) is 0 Å². The highest BCUT2D eigenvalue weighted by molar-refractivity contribution is 5.27. The number of aliphatic hydroxyl groups excluding tert-OH is 1. The predicted molar refractivity (Wildman–Crippen MR) is 70.2 cm³/mol. The van der Waals surface area contributed by atoms with Crippen LogP contribution in [0.1, 0.15) is 34.1 Å². The zero-order valence-corrected chi connectivity index (χ0v) is 11.1. The van der Waals surface area contributed by atoms with Crippen molar-refractivity contribution >= 4 is 0 Å². The molecule has 0 aromatic rings. The van der Waals surface area contributed by atoms with Crippen LogP contribution in [0.3, 0.4) is 0 Å². The van der Waals surface area contributed by atoms with Crippen LogP contribution >= 0.6 is 0 Å². The fourth-order valence-electron chi connectivity index (χ4n) is 2.56. The summed E-state index contributed by atoms with van der Waals surface area (Å²) in [6, 6.07) is 2.03. The van der Waals surface area contributed by atoms with Crippen LogP contribution < -0.4 is 0 Å². The van der Waals surface area contributed by atoms with E-state index in [0.717, 1.165) is 12.0 Å². The molecule has 0 radical (unpaired) electrons. The van der Waals surface area contributed by atoms with Crippen molar-refractivity contribution in [3.05, 3.63) is 35.5 Å². The molecule has 1 aliphatic carbocycles. The highest BCUT2D eigenvalue weighted by Gasteiger charge is 2.34. The summed E-state index contributed by atoms with van der Waals surface area (Å²) >= 11 is 0. The second kappa shape index (κ2) is 5.33. The molecule has 17 heavy (non-hydrogen) atoms. The molecule has 1 aliphatic rings. The molecule has 2 unspecified atom stereocenters. The van der Waals surface area contributed by atoms with Crippen molar-refractivity contribution in [1.29, 1.82) is 5.26 Å². The van der Waals surface area contributed by atoms with E-state index in [1.807, 2.05) is 25.1 Å². The van der Waals surface area contributed by atoms with E-state index in [1.165, 1.54) is 5.57 Å². The van der Waals surface area contributed by atoms with Gasteiger partial charge >= 0.3 is 0 Å². The maximum atomic E-state index is 9.74. The summed E-state index contributed by atoms with van der Waals surface area (Å²) in [5, 5.41) is 18.3. The lowest BCUT2D eigenvalue weighted by Gasteiger charge is -2.38.